The molecule has 10 heteroatoms. The molecule has 6 rings (SSSR count). The third kappa shape index (κ3) is 9.02. The van der Waals surface area contributed by atoms with Gasteiger partial charge in [0.25, 0.3) is 0 Å². The van der Waals surface area contributed by atoms with Gasteiger partial charge >= 0.3 is 0 Å². The number of aryl methyl sites for hydroxylation is 2. The maximum atomic E-state index is 13.6. The SMILES string of the molecule is O=S(=O)(c1ccccc1)c1ccc(C=Cc2ccc(F)cc2F)cc1.O=S(=O)(c1ccccc1)c1ccc(CCc2ccc(F)cc2F)cc1. The van der Waals surface area contributed by atoms with E-state index in [0.29, 0.717) is 24.0 Å². The molecule has 0 N–H and O–H groups in total. The predicted molar refractivity (Wildman–Crippen MR) is 186 cm³/mol. The lowest BCUT2D eigenvalue weighted by atomic mass is 10.0. The smallest absolute Gasteiger partial charge is 0.206 e. The first-order valence-electron chi connectivity index (χ1n) is 15.3. The van der Waals surface area contributed by atoms with Crippen LogP contribution in [0.15, 0.2) is 165 Å². The third-order valence-corrected chi connectivity index (χ3v) is 11.2. The molecule has 0 unspecified atom stereocenters. The molecule has 50 heavy (non-hydrogen) atoms. The highest BCUT2D eigenvalue weighted by atomic mass is 32.2. The zero-order chi connectivity index (χ0) is 35.7. The topological polar surface area (TPSA) is 68.3 Å². The van der Waals surface area contributed by atoms with E-state index in [2.05, 4.69) is 0 Å². The van der Waals surface area contributed by atoms with Crippen LogP contribution in [0, 0.1) is 23.3 Å². The summed E-state index contributed by atoms with van der Waals surface area (Å²) in [4.78, 5) is 0.877. The van der Waals surface area contributed by atoms with Gasteiger partial charge < -0.3 is 0 Å². The maximum absolute atomic E-state index is 13.6. The number of rotatable bonds is 9. The van der Waals surface area contributed by atoms with Crippen LogP contribution in [-0.4, -0.2) is 16.8 Å². The van der Waals surface area contributed by atoms with Crippen LogP contribution >= 0.6 is 0 Å². The van der Waals surface area contributed by atoms with Crippen LogP contribution in [-0.2, 0) is 32.5 Å². The van der Waals surface area contributed by atoms with Gasteiger partial charge in [0.2, 0.25) is 19.7 Å². The molecule has 0 fully saturated rings. The summed E-state index contributed by atoms with van der Waals surface area (Å²) in [6.45, 7) is 0. The Labute approximate surface area is 288 Å². The van der Waals surface area contributed by atoms with Crippen molar-refractivity contribution in [2.45, 2.75) is 32.4 Å². The van der Waals surface area contributed by atoms with Gasteiger partial charge in [-0.25, -0.2) is 34.4 Å². The summed E-state index contributed by atoms with van der Waals surface area (Å²) in [5.41, 5.74) is 2.27. The molecular formula is C40H30F4O4S2. The minimum absolute atomic E-state index is 0.184. The zero-order valence-electron chi connectivity index (χ0n) is 26.4. The first kappa shape index (κ1) is 36.0. The van der Waals surface area contributed by atoms with Crippen molar-refractivity contribution < 1.29 is 34.4 Å². The van der Waals surface area contributed by atoms with Gasteiger partial charge in [0.05, 0.1) is 19.6 Å². The standard InChI is InChI=1S/C20H16F2O2S.C20H14F2O2S/c2*21-17-11-10-16(20(22)14-17)9-6-15-7-12-19(13-8-15)25(23,24)18-4-2-1-3-5-18/h1-5,7-8,10-14H,6,9H2;1-14H. The van der Waals surface area contributed by atoms with Crippen molar-refractivity contribution in [1.82, 2.24) is 0 Å². The van der Waals surface area contributed by atoms with Crippen molar-refractivity contribution in [1.29, 1.82) is 0 Å². The Morgan fingerprint density at radius 2 is 0.900 bits per heavy atom. The molecule has 0 atom stereocenters. The van der Waals surface area contributed by atoms with E-state index in [9.17, 15) is 34.4 Å². The molecule has 4 nitrogen and oxygen atoms in total. The van der Waals surface area contributed by atoms with Crippen LogP contribution < -0.4 is 0 Å². The van der Waals surface area contributed by atoms with Gasteiger partial charge in [-0.05, 0) is 96.3 Å². The highest BCUT2D eigenvalue weighted by Gasteiger charge is 2.18. The van der Waals surface area contributed by atoms with E-state index in [1.807, 2.05) is 0 Å². The van der Waals surface area contributed by atoms with Crippen LogP contribution in [0.2, 0.25) is 0 Å². The van der Waals surface area contributed by atoms with Crippen LogP contribution in [0.4, 0.5) is 17.6 Å². The largest absolute Gasteiger partial charge is 0.219 e. The zero-order valence-corrected chi connectivity index (χ0v) is 28.0. The second-order valence-corrected chi connectivity index (χ2v) is 15.0. The molecule has 0 aliphatic heterocycles. The second-order valence-electron chi connectivity index (χ2n) is 11.1. The molecule has 6 aromatic carbocycles. The molecule has 0 saturated heterocycles. The van der Waals surface area contributed by atoms with Crippen LogP contribution in [0.3, 0.4) is 0 Å². The van der Waals surface area contributed by atoms with Gasteiger partial charge in [0, 0.05) is 17.7 Å². The summed E-state index contributed by atoms with van der Waals surface area (Å²) in [7, 11) is -7.10. The van der Waals surface area contributed by atoms with Crippen molar-refractivity contribution in [3.8, 4) is 0 Å². The molecular weight excluding hydrogens is 685 g/mol. The molecule has 0 saturated carbocycles. The Bertz CT molecular complexity index is 2310. The fraction of sp³-hybridized carbons (Fsp3) is 0.0500. The summed E-state index contributed by atoms with van der Waals surface area (Å²) >= 11 is 0. The molecule has 0 aromatic heterocycles. The molecule has 6 aromatic rings. The van der Waals surface area contributed by atoms with Gasteiger partial charge in [-0.1, -0.05) is 78.9 Å². The lowest BCUT2D eigenvalue weighted by Crippen LogP contribution is -2.02. The van der Waals surface area contributed by atoms with Crippen molar-refractivity contribution in [2.75, 3.05) is 0 Å². The molecule has 254 valence electrons. The summed E-state index contributed by atoms with van der Waals surface area (Å²) < 4.78 is 103. The average Bonchev–Trinajstić information content (AvgIpc) is 3.12. The van der Waals surface area contributed by atoms with E-state index in [-0.39, 0.29) is 25.1 Å². The molecule has 0 bridgehead atoms. The van der Waals surface area contributed by atoms with E-state index >= 15 is 0 Å². The molecule has 0 amide bonds. The van der Waals surface area contributed by atoms with Crippen molar-refractivity contribution in [3.63, 3.8) is 0 Å². The summed E-state index contributed by atoms with van der Waals surface area (Å²) in [6.07, 6.45) is 4.09. The predicted octanol–water partition coefficient (Wildman–Crippen LogP) is 9.55. The highest BCUT2D eigenvalue weighted by molar-refractivity contribution is 7.91. The van der Waals surface area contributed by atoms with E-state index in [0.717, 1.165) is 17.7 Å². The van der Waals surface area contributed by atoms with Crippen LogP contribution in [0.1, 0.15) is 22.3 Å². The van der Waals surface area contributed by atoms with Crippen molar-refractivity contribution >= 4 is 31.8 Å². The lowest BCUT2D eigenvalue weighted by Gasteiger charge is -2.07. The lowest BCUT2D eigenvalue weighted by molar-refractivity contribution is 0.571. The monoisotopic (exact) mass is 714 g/mol. The van der Waals surface area contributed by atoms with Crippen molar-refractivity contribution in [3.05, 3.63) is 191 Å². The van der Waals surface area contributed by atoms with Gasteiger partial charge in [-0.2, -0.15) is 0 Å². The van der Waals surface area contributed by atoms with Crippen molar-refractivity contribution in [2.24, 2.45) is 0 Å². The third-order valence-electron chi connectivity index (χ3n) is 7.65. The van der Waals surface area contributed by atoms with E-state index < -0.39 is 42.9 Å². The normalized spacial score (nSPS) is 11.6. The minimum atomic E-state index is -3.56. The fourth-order valence-corrected chi connectivity index (χ4v) is 7.45. The minimum Gasteiger partial charge on any atom is -0.219 e. The Balaban J connectivity index is 0.000000194. The van der Waals surface area contributed by atoms with Gasteiger partial charge in [-0.3, -0.25) is 0 Å². The summed E-state index contributed by atoms with van der Waals surface area (Å²) in [5, 5.41) is 0. The number of benzene rings is 6. The molecule has 0 heterocycles. The maximum Gasteiger partial charge on any atom is 0.206 e. The van der Waals surface area contributed by atoms with Gasteiger partial charge in [-0.15, -0.1) is 0 Å². The fourth-order valence-electron chi connectivity index (χ4n) is 4.89. The van der Waals surface area contributed by atoms with Gasteiger partial charge in [0.1, 0.15) is 23.3 Å². The number of hydrogen-bond donors (Lipinski definition) is 0. The Morgan fingerprint density at radius 1 is 0.440 bits per heavy atom. The number of sulfone groups is 2. The summed E-state index contributed by atoms with van der Waals surface area (Å²) in [5.74, 6) is -2.45. The van der Waals surface area contributed by atoms with Gasteiger partial charge in [0.15, 0.2) is 0 Å². The van der Waals surface area contributed by atoms with Crippen LogP contribution in [0.5, 0.6) is 0 Å². The molecule has 0 spiro atoms. The molecule has 0 aliphatic carbocycles. The van der Waals surface area contributed by atoms with E-state index in [1.54, 1.807) is 103 Å². The first-order valence-corrected chi connectivity index (χ1v) is 18.3. The first-order chi connectivity index (χ1) is 23.9. The number of halogens is 4. The van der Waals surface area contributed by atoms with E-state index in [4.69, 9.17) is 0 Å². The highest BCUT2D eigenvalue weighted by Crippen LogP contribution is 2.23. The molecule has 0 radical (unpaired) electrons. The van der Waals surface area contributed by atoms with E-state index in [1.165, 1.54) is 42.5 Å². The quantitative estimate of drug-likeness (QED) is 0.111. The Hall–Kier alpha value is -5.32. The Morgan fingerprint density at radius 3 is 1.40 bits per heavy atom. The Kier molecular flexibility index (Phi) is 11.5. The average molecular weight is 715 g/mol. The molecule has 0 aliphatic rings. The second kappa shape index (κ2) is 15.9. The van der Waals surface area contributed by atoms with Crippen LogP contribution in [0.25, 0.3) is 12.2 Å². The summed E-state index contributed by atoms with van der Waals surface area (Å²) in [6, 6.07) is 36.1. The number of hydrogen-bond acceptors (Lipinski definition) is 4.